The van der Waals surface area contributed by atoms with Crippen molar-refractivity contribution in [1.29, 1.82) is 0 Å². The summed E-state index contributed by atoms with van der Waals surface area (Å²) in [4.78, 5) is 25.0. The normalized spacial score (nSPS) is 13.0. The van der Waals surface area contributed by atoms with E-state index in [0.717, 1.165) is 12.1 Å². The molecule has 2 amide bonds. The van der Waals surface area contributed by atoms with Gasteiger partial charge in [0.05, 0.1) is 26.5 Å². The van der Waals surface area contributed by atoms with E-state index in [0.29, 0.717) is 5.75 Å². The second-order valence-corrected chi connectivity index (χ2v) is 5.98. The molecule has 0 aliphatic carbocycles. The number of benzene rings is 2. The predicted molar refractivity (Wildman–Crippen MR) is 103 cm³/mol. The summed E-state index contributed by atoms with van der Waals surface area (Å²) in [5.74, 6) is -1.09. The third-order valence-electron chi connectivity index (χ3n) is 4.17. The third kappa shape index (κ3) is 4.58. The minimum Gasteiger partial charge on any atom is -0.497 e. The fourth-order valence-corrected chi connectivity index (χ4v) is 2.74. The number of hydrogen-bond acceptors (Lipinski definition) is 5. The van der Waals surface area contributed by atoms with E-state index in [-0.39, 0.29) is 18.0 Å². The lowest BCUT2D eigenvalue weighted by Gasteiger charge is -2.34. The van der Waals surface area contributed by atoms with Crippen molar-refractivity contribution in [1.82, 2.24) is 5.32 Å². The van der Waals surface area contributed by atoms with Crippen molar-refractivity contribution in [3.63, 3.8) is 0 Å². The molecule has 0 heterocycles. The lowest BCUT2D eigenvalue weighted by Crippen LogP contribution is -2.62. The van der Waals surface area contributed by atoms with Crippen LogP contribution < -0.4 is 20.1 Å². The van der Waals surface area contributed by atoms with Gasteiger partial charge in [-0.05, 0) is 24.6 Å². The monoisotopic (exact) mass is 426 g/mol. The summed E-state index contributed by atoms with van der Waals surface area (Å²) < 4.78 is 57.4. The molecule has 162 valence electrons. The Balaban J connectivity index is 2.46. The largest absolute Gasteiger partial charge is 0.497 e. The Kier molecular flexibility index (Phi) is 7.14. The topological polar surface area (TPSA) is 85.9 Å². The maximum atomic E-state index is 14.2. The molecule has 0 fully saturated rings. The highest BCUT2D eigenvalue weighted by Crippen LogP contribution is 2.40. The van der Waals surface area contributed by atoms with Gasteiger partial charge in [0.25, 0.3) is 5.54 Å². The molecule has 1 unspecified atom stereocenters. The van der Waals surface area contributed by atoms with E-state index in [2.05, 4.69) is 10.1 Å². The number of alkyl halides is 3. The smallest absolute Gasteiger partial charge is 0.426 e. The number of methoxy groups -OCH3 is 2. The Bertz CT molecular complexity index is 890. The number of urea groups is 1. The Morgan fingerprint density at radius 1 is 1.00 bits per heavy atom. The molecule has 30 heavy (non-hydrogen) atoms. The van der Waals surface area contributed by atoms with Gasteiger partial charge in [0, 0.05) is 6.07 Å². The van der Waals surface area contributed by atoms with Crippen molar-refractivity contribution in [2.75, 3.05) is 26.1 Å². The number of amides is 2. The van der Waals surface area contributed by atoms with Crippen LogP contribution in [0.15, 0.2) is 48.5 Å². The first kappa shape index (κ1) is 22.9. The van der Waals surface area contributed by atoms with E-state index in [1.54, 1.807) is 5.32 Å². The summed E-state index contributed by atoms with van der Waals surface area (Å²) >= 11 is 0. The molecule has 0 aliphatic rings. The van der Waals surface area contributed by atoms with Gasteiger partial charge < -0.3 is 24.8 Å². The number of halogens is 3. The van der Waals surface area contributed by atoms with Crippen molar-refractivity contribution in [3.8, 4) is 11.5 Å². The summed E-state index contributed by atoms with van der Waals surface area (Å²) in [7, 11) is 2.74. The highest BCUT2D eigenvalue weighted by Gasteiger charge is 2.64. The van der Waals surface area contributed by atoms with E-state index >= 15 is 0 Å². The Hall–Kier alpha value is -3.43. The van der Waals surface area contributed by atoms with Crippen LogP contribution in [0.2, 0.25) is 0 Å². The molecule has 2 aromatic carbocycles. The number of carbonyl (C=O) groups excluding carboxylic acids is 2. The lowest BCUT2D eigenvalue weighted by atomic mass is 9.89. The molecule has 0 saturated carbocycles. The predicted octanol–water partition coefficient (Wildman–Crippen LogP) is 3.85. The van der Waals surface area contributed by atoms with E-state index in [4.69, 9.17) is 9.47 Å². The molecular formula is C20H21F3N2O5. The second kappa shape index (κ2) is 9.38. The molecule has 0 aromatic heterocycles. The van der Waals surface area contributed by atoms with E-state index in [1.165, 1.54) is 57.5 Å². The molecule has 1 atom stereocenters. The van der Waals surface area contributed by atoms with Crippen LogP contribution in [0.5, 0.6) is 11.5 Å². The molecule has 7 nitrogen and oxygen atoms in total. The molecule has 2 rings (SSSR count). The SMILES string of the molecule is CCOC(=O)C(NC(=O)Nc1ccc(OC)cc1OC)(c1ccccc1)C(F)(F)F. The summed E-state index contributed by atoms with van der Waals surface area (Å²) in [5.41, 5.74) is -3.83. The number of nitrogens with one attached hydrogen (secondary N) is 2. The highest BCUT2D eigenvalue weighted by atomic mass is 19.4. The number of hydrogen-bond donors (Lipinski definition) is 2. The number of rotatable bonds is 7. The number of ether oxygens (including phenoxy) is 3. The van der Waals surface area contributed by atoms with Crippen LogP contribution in [-0.4, -0.2) is 39.0 Å². The van der Waals surface area contributed by atoms with Gasteiger partial charge in [-0.25, -0.2) is 9.59 Å². The van der Waals surface area contributed by atoms with E-state index < -0.39 is 29.3 Å². The minimum atomic E-state index is -5.19. The van der Waals surface area contributed by atoms with Gasteiger partial charge >= 0.3 is 18.2 Å². The van der Waals surface area contributed by atoms with Crippen LogP contribution >= 0.6 is 0 Å². The van der Waals surface area contributed by atoms with Gasteiger partial charge in [-0.1, -0.05) is 30.3 Å². The molecule has 2 aromatic rings. The zero-order valence-corrected chi connectivity index (χ0v) is 16.5. The van der Waals surface area contributed by atoms with Gasteiger partial charge in [-0.2, -0.15) is 13.2 Å². The molecule has 0 spiro atoms. The molecule has 2 N–H and O–H groups in total. The van der Waals surface area contributed by atoms with Crippen molar-refractivity contribution >= 4 is 17.7 Å². The van der Waals surface area contributed by atoms with Crippen LogP contribution in [0, 0.1) is 0 Å². The van der Waals surface area contributed by atoms with Crippen LogP contribution in [0.3, 0.4) is 0 Å². The highest BCUT2D eigenvalue weighted by molar-refractivity contribution is 5.96. The fraction of sp³-hybridized carbons (Fsp3) is 0.300. The average Bonchev–Trinajstić information content (AvgIpc) is 2.72. The standard InChI is InChI=1S/C20H21F3N2O5/c1-4-30-17(26)19(20(21,22)23,13-8-6-5-7-9-13)25-18(27)24-15-11-10-14(28-2)12-16(15)29-3/h5-12H,4H2,1-3H3,(H2,24,25,27). The maximum Gasteiger partial charge on any atom is 0.426 e. The molecule has 0 bridgehead atoms. The number of anilines is 1. The Morgan fingerprint density at radius 3 is 2.20 bits per heavy atom. The Morgan fingerprint density at radius 2 is 1.67 bits per heavy atom. The van der Waals surface area contributed by atoms with Crippen LogP contribution in [0.1, 0.15) is 12.5 Å². The first-order chi connectivity index (χ1) is 14.2. The number of carbonyl (C=O) groups is 2. The van der Waals surface area contributed by atoms with Gasteiger partial charge in [0.15, 0.2) is 0 Å². The van der Waals surface area contributed by atoms with E-state index in [1.807, 2.05) is 0 Å². The lowest BCUT2D eigenvalue weighted by molar-refractivity contribution is -0.213. The van der Waals surface area contributed by atoms with Gasteiger partial charge in [0.1, 0.15) is 11.5 Å². The third-order valence-corrected chi connectivity index (χ3v) is 4.17. The molecule has 0 saturated heterocycles. The van der Waals surface area contributed by atoms with Crippen LogP contribution in [0.25, 0.3) is 0 Å². The summed E-state index contributed by atoms with van der Waals surface area (Å²) in [6.07, 6.45) is -5.19. The van der Waals surface area contributed by atoms with Gasteiger partial charge in [-0.3, -0.25) is 0 Å². The quantitative estimate of drug-likeness (QED) is 0.657. The summed E-state index contributed by atoms with van der Waals surface area (Å²) in [6, 6.07) is 9.32. The number of esters is 1. The molecule has 0 radical (unpaired) electrons. The first-order valence-corrected chi connectivity index (χ1v) is 8.80. The minimum absolute atomic E-state index is 0.0730. The van der Waals surface area contributed by atoms with Crippen LogP contribution in [0.4, 0.5) is 23.7 Å². The zero-order chi connectivity index (χ0) is 22.4. The van der Waals surface area contributed by atoms with Crippen LogP contribution in [-0.2, 0) is 15.1 Å². The maximum absolute atomic E-state index is 14.2. The van der Waals surface area contributed by atoms with Gasteiger partial charge in [0.2, 0.25) is 0 Å². The van der Waals surface area contributed by atoms with Gasteiger partial charge in [-0.15, -0.1) is 0 Å². The average molecular weight is 426 g/mol. The first-order valence-electron chi connectivity index (χ1n) is 8.80. The van der Waals surface area contributed by atoms with Crippen molar-refractivity contribution < 1.29 is 37.0 Å². The van der Waals surface area contributed by atoms with Crippen molar-refractivity contribution in [3.05, 3.63) is 54.1 Å². The molecule has 10 heteroatoms. The van der Waals surface area contributed by atoms with E-state index in [9.17, 15) is 22.8 Å². The van der Waals surface area contributed by atoms with Crippen molar-refractivity contribution in [2.24, 2.45) is 0 Å². The second-order valence-electron chi connectivity index (χ2n) is 5.98. The van der Waals surface area contributed by atoms with Crippen molar-refractivity contribution in [2.45, 2.75) is 18.6 Å². The molecular weight excluding hydrogens is 405 g/mol. The molecule has 0 aliphatic heterocycles. The summed E-state index contributed by atoms with van der Waals surface area (Å²) in [5, 5.41) is 4.03. The summed E-state index contributed by atoms with van der Waals surface area (Å²) in [6.45, 7) is 1.06. The fourth-order valence-electron chi connectivity index (χ4n) is 2.74. The Labute approximate surface area is 171 Å². The zero-order valence-electron chi connectivity index (χ0n) is 16.5.